The van der Waals surface area contributed by atoms with Crippen LogP contribution < -0.4 is 16.1 Å². The van der Waals surface area contributed by atoms with Crippen molar-refractivity contribution in [3.63, 3.8) is 0 Å². The summed E-state index contributed by atoms with van der Waals surface area (Å²) in [6.45, 7) is 14.4. The Morgan fingerprint density at radius 1 is 1.04 bits per heavy atom. The minimum absolute atomic E-state index is 0.0160. The van der Waals surface area contributed by atoms with Crippen molar-refractivity contribution in [1.29, 1.82) is 0 Å². The highest BCUT2D eigenvalue weighted by atomic mass is 32.1. The molecule has 2 fully saturated rings. The van der Waals surface area contributed by atoms with Gasteiger partial charge in [0, 0.05) is 79.6 Å². The molecule has 0 spiro atoms. The average molecular weight is 674 g/mol. The van der Waals surface area contributed by atoms with Crippen molar-refractivity contribution >= 4 is 40.1 Å². The summed E-state index contributed by atoms with van der Waals surface area (Å²) in [5.74, 6) is 0.103. The summed E-state index contributed by atoms with van der Waals surface area (Å²) in [6.07, 6.45) is 2.70. The van der Waals surface area contributed by atoms with Gasteiger partial charge in [0.2, 0.25) is 5.43 Å². The van der Waals surface area contributed by atoms with Crippen LogP contribution in [0, 0.1) is 12.8 Å². The molecule has 3 aromatic heterocycles. The highest BCUT2D eigenvalue weighted by Crippen LogP contribution is 2.31. The van der Waals surface area contributed by atoms with Crippen LogP contribution in [-0.4, -0.2) is 102 Å². The van der Waals surface area contributed by atoms with Gasteiger partial charge in [-0.2, -0.15) is 0 Å². The van der Waals surface area contributed by atoms with Gasteiger partial charge in [0.25, 0.3) is 0 Å². The van der Waals surface area contributed by atoms with Gasteiger partial charge >= 0.3 is 12.0 Å². The van der Waals surface area contributed by atoms with Gasteiger partial charge in [0.1, 0.15) is 16.4 Å². The summed E-state index contributed by atoms with van der Waals surface area (Å²) in [5, 5.41) is 8.72. The Morgan fingerprint density at radius 3 is 2.60 bits per heavy atom. The molecule has 13 heteroatoms. The zero-order valence-corrected chi connectivity index (χ0v) is 28.6. The molecule has 1 atom stereocenters. The van der Waals surface area contributed by atoms with Crippen LogP contribution in [0.15, 0.2) is 46.7 Å². The minimum Gasteiger partial charge on any atom is -0.462 e. The highest BCUT2D eigenvalue weighted by molar-refractivity contribution is 7.13. The first-order valence-corrected chi connectivity index (χ1v) is 17.6. The van der Waals surface area contributed by atoms with Crippen molar-refractivity contribution < 1.29 is 19.1 Å². The number of carbonyl (C=O) groups is 2. The summed E-state index contributed by atoms with van der Waals surface area (Å²) in [4.78, 5) is 53.6. The number of nitrogens with one attached hydrogen (secondary N) is 2. The molecule has 2 saturated heterocycles. The van der Waals surface area contributed by atoms with Crippen LogP contribution in [-0.2, 0) is 16.0 Å². The molecule has 4 aromatic rings. The third-order valence-electron chi connectivity index (χ3n) is 8.80. The fourth-order valence-electron chi connectivity index (χ4n) is 6.39. The van der Waals surface area contributed by atoms with Crippen LogP contribution in [0.3, 0.4) is 0 Å². The molecular weight excluding hydrogens is 630 g/mol. The van der Waals surface area contributed by atoms with E-state index in [9.17, 15) is 14.4 Å². The number of aryl methyl sites for hydroxylation is 1. The quantitative estimate of drug-likeness (QED) is 0.222. The predicted octanol–water partition coefficient (Wildman–Crippen LogP) is 4.47. The van der Waals surface area contributed by atoms with Crippen LogP contribution in [0.4, 0.5) is 10.6 Å². The maximum absolute atomic E-state index is 13.9. The van der Waals surface area contributed by atoms with Crippen molar-refractivity contribution in [2.45, 2.75) is 33.7 Å². The van der Waals surface area contributed by atoms with E-state index in [1.54, 1.807) is 25.3 Å². The first-order chi connectivity index (χ1) is 23.3. The molecule has 48 heavy (non-hydrogen) atoms. The Bertz CT molecular complexity index is 1830. The number of nitrogens with zero attached hydrogens (tertiary/aromatic N) is 5. The van der Waals surface area contributed by atoms with E-state index in [1.165, 1.54) is 11.3 Å². The zero-order chi connectivity index (χ0) is 33.6. The van der Waals surface area contributed by atoms with Gasteiger partial charge < -0.3 is 24.3 Å². The Balaban J connectivity index is 1.33. The summed E-state index contributed by atoms with van der Waals surface area (Å²) in [6, 6.07) is 8.96. The number of aromatic nitrogens is 3. The molecule has 5 heterocycles. The number of amides is 2. The lowest BCUT2D eigenvalue weighted by molar-refractivity contribution is 0.0342. The second-order valence-electron chi connectivity index (χ2n) is 12.3. The number of hydrogen-bond acceptors (Lipinski definition) is 10. The smallest absolute Gasteiger partial charge is 0.343 e. The normalized spacial score (nSPS) is 17.1. The molecular formula is C35H43N7O5S. The molecule has 0 aliphatic carbocycles. The molecule has 1 unspecified atom stereocenters. The summed E-state index contributed by atoms with van der Waals surface area (Å²) in [7, 11) is 0. The monoisotopic (exact) mass is 673 g/mol. The second-order valence-corrected chi connectivity index (χ2v) is 13.1. The number of urea groups is 1. The lowest BCUT2D eigenvalue weighted by atomic mass is 10.0. The summed E-state index contributed by atoms with van der Waals surface area (Å²) in [5.41, 5.74) is 3.31. The van der Waals surface area contributed by atoms with E-state index < -0.39 is 5.97 Å². The molecule has 6 rings (SSSR count). The largest absolute Gasteiger partial charge is 0.462 e. The molecule has 0 radical (unpaired) electrons. The Morgan fingerprint density at radius 2 is 1.85 bits per heavy atom. The average Bonchev–Trinajstić information content (AvgIpc) is 3.74. The van der Waals surface area contributed by atoms with Gasteiger partial charge in [-0.25, -0.2) is 19.6 Å². The zero-order valence-electron chi connectivity index (χ0n) is 27.8. The van der Waals surface area contributed by atoms with Crippen LogP contribution in [0.1, 0.15) is 36.3 Å². The molecule has 0 bridgehead atoms. The molecule has 254 valence electrons. The van der Waals surface area contributed by atoms with Gasteiger partial charge in [-0.15, -0.1) is 11.3 Å². The van der Waals surface area contributed by atoms with Gasteiger partial charge in [0.15, 0.2) is 0 Å². The number of esters is 1. The highest BCUT2D eigenvalue weighted by Gasteiger charge is 2.25. The maximum atomic E-state index is 13.9. The number of fused-ring (bicyclic) bond motifs is 1. The minimum atomic E-state index is -0.630. The molecule has 2 aliphatic rings. The first kappa shape index (κ1) is 33.7. The second kappa shape index (κ2) is 15.4. The van der Waals surface area contributed by atoms with E-state index in [-0.39, 0.29) is 23.6 Å². The van der Waals surface area contributed by atoms with Crippen molar-refractivity contribution in [2.75, 3.05) is 71.0 Å². The van der Waals surface area contributed by atoms with Crippen LogP contribution >= 0.6 is 11.3 Å². The lowest BCUT2D eigenvalue weighted by Crippen LogP contribution is -2.41. The summed E-state index contributed by atoms with van der Waals surface area (Å²) >= 11 is 1.50. The number of ether oxygens (including phenoxy) is 2. The molecule has 1 aromatic carbocycles. The molecule has 12 nitrogen and oxygen atoms in total. The van der Waals surface area contributed by atoms with E-state index in [0.29, 0.717) is 41.5 Å². The number of hydrogen-bond donors (Lipinski definition) is 2. The van der Waals surface area contributed by atoms with Crippen LogP contribution in [0.5, 0.6) is 0 Å². The lowest BCUT2D eigenvalue weighted by Gasteiger charge is -2.28. The molecule has 2 amide bonds. The van der Waals surface area contributed by atoms with Crippen molar-refractivity contribution in [3.05, 3.63) is 63.4 Å². The number of carbonyl (C=O) groups excluding carboxylic acids is 2. The van der Waals surface area contributed by atoms with Crippen LogP contribution in [0.2, 0.25) is 0 Å². The fraction of sp³-hybridized carbons (Fsp3) is 0.457. The number of thiazole rings is 1. The van der Waals surface area contributed by atoms with Gasteiger partial charge in [0.05, 0.1) is 31.0 Å². The predicted molar refractivity (Wildman–Crippen MR) is 188 cm³/mol. The third-order valence-corrected chi connectivity index (χ3v) is 9.81. The van der Waals surface area contributed by atoms with E-state index in [4.69, 9.17) is 14.5 Å². The Hall–Kier alpha value is -4.17. The van der Waals surface area contributed by atoms with E-state index >= 15 is 0 Å². The molecule has 2 N–H and O–H groups in total. The Kier molecular flexibility index (Phi) is 10.8. The topological polar surface area (TPSA) is 131 Å². The van der Waals surface area contributed by atoms with Crippen molar-refractivity contribution in [1.82, 2.24) is 29.7 Å². The molecule has 0 saturated carbocycles. The number of pyridine rings is 2. The van der Waals surface area contributed by atoms with E-state index in [1.807, 2.05) is 42.0 Å². The van der Waals surface area contributed by atoms with Gasteiger partial charge in [-0.05, 0) is 63.9 Å². The van der Waals surface area contributed by atoms with Gasteiger partial charge in [-0.1, -0.05) is 6.07 Å². The maximum Gasteiger partial charge on any atom is 0.343 e. The van der Waals surface area contributed by atoms with Gasteiger partial charge in [-0.3, -0.25) is 15.0 Å². The Labute approximate surface area is 284 Å². The van der Waals surface area contributed by atoms with E-state index in [0.717, 1.165) is 80.7 Å². The molecule has 2 aliphatic heterocycles. The summed E-state index contributed by atoms with van der Waals surface area (Å²) < 4.78 is 12.8. The number of anilines is 1. The third kappa shape index (κ3) is 7.92. The SMILES string of the molecule is CCNC(=O)Nc1cc(-c2nc(C)cs2)cc(-c2ccc3c(c2)c(=O)c(C(=O)OCC)cn3CC2CCN(CCN3CCOCC3)C2)n1. The van der Waals surface area contributed by atoms with E-state index in [2.05, 4.69) is 25.4 Å². The number of morpholine rings is 1. The number of rotatable bonds is 11. The number of likely N-dealkylation sites (tertiary alicyclic amines) is 1. The van der Waals surface area contributed by atoms with Crippen LogP contribution in [0.25, 0.3) is 32.7 Å². The fourth-order valence-corrected chi connectivity index (χ4v) is 7.17. The van der Waals surface area contributed by atoms with Crippen molar-refractivity contribution in [3.8, 4) is 21.8 Å². The van der Waals surface area contributed by atoms with Crippen molar-refractivity contribution in [2.24, 2.45) is 5.92 Å². The number of benzene rings is 1. The standard InChI is InChI=1S/C35H43N7O5S/c1-4-36-35(45)39-31-18-26(33-37-23(3)22-48-33)17-29(38-31)25-6-7-30-27(16-25)32(43)28(34(44)47-5-2)21-42(30)20-24-8-9-41(19-24)11-10-40-12-14-46-15-13-40/h6-7,16-18,21-22,24H,4-5,8-15,19-20H2,1-3H3,(H2,36,38,39,45). The first-order valence-electron chi connectivity index (χ1n) is 16.7.